The number of nitrogens with one attached hydrogen (secondary N) is 1. The molecule has 0 aliphatic carbocycles. The van der Waals surface area contributed by atoms with Crippen molar-refractivity contribution in [3.63, 3.8) is 0 Å². The molecule has 0 atom stereocenters. The van der Waals surface area contributed by atoms with E-state index in [-0.39, 0.29) is 23.7 Å². The Kier molecular flexibility index (Phi) is 9.33. The molecule has 0 aromatic heterocycles. The number of nitrogens with zero attached hydrogens (tertiary/aromatic N) is 1. The molecule has 0 radical (unpaired) electrons. The van der Waals surface area contributed by atoms with Gasteiger partial charge in [-0.15, -0.1) is 24.2 Å². The predicted molar refractivity (Wildman–Crippen MR) is 111 cm³/mol. The van der Waals surface area contributed by atoms with Gasteiger partial charge in [-0.1, -0.05) is 39.8 Å². The van der Waals surface area contributed by atoms with Crippen molar-refractivity contribution in [2.45, 2.75) is 50.8 Å². The van der Waals surface area contributed by atoms with E-state index >= 15 is 0 Å². The second-order valence-electron chi connectivity index (χ2n) is 7.69. The summed E-state index contributed by atoms with van der Waals surface area (Å²) in [6.07, 6.45) is 2.26. The van der Waals surface area contributed by atoms with Crippen molar-refractivity contribution in [1.82, 2.24) is 10.2 Å². The van der Waals surface area contributed by atoms with Crippen LogP contribution in [0.5, 0.6) is 0 Å². The number of hydrogen-bond acceptors (Lipinski definition) is 3. The molecule has 1 N–H and O–H groups in total. The third-order valence-corrected chi connectivity index (χ3v) is 5.73. The molecule has 1 aromatic rings. The van der Waals surface area contributed by atoms with E-state index in [0.717, 1.165) is 44.9 Å². The SMILES string of the molecule is CCNCC1CCN(C(=O)CSc2ccc(C(C)(C)C)cc2)CC1.Cl. The summed E-state index contributed by atoms with van der Waals surface area (Å²) in [6.45, 7) is 12.8. The molecule has 0 spiro atoms. The minimum Gasteiger partial charge on any atom is -0.342 e. The van der Waals surface area contributed by atoms with Gasteiger partial charge in [-0.3, -0.25) is 4.79 Å². The normalized spacial score (nSPS) is 15.8. The smallest absolute Gasteiger partial charge is 0.232 e. The Morgan fingerprint density at radius 2 is 1.80 bits per heavy atom. The molecule has 142 valence electrons. The predicted octanol–water partition coefficient (Wildman–Crippen LogP) is 4.35. The Labute approximate surface area is 163 Å². The molecule has 25 heavy (non-hydrogen) atoms. The zero-order valence-electron chi connectivity index (χ0n) is 16.0. The Morgan fingerprint density at radius 3 is 2.32 bits per heavy atom. The molecule has 0 unspecified atom stereocenters. The van der Waals surface area contributed by atoms with Crippen LogP contribution in [-0.4, -0.2) is 42.7 Å². The van der Waals surface area contributed by atoms with Crippen LogP contribution in [0, 0.1) is 5.92 Å². The number of carbonyl (C=O) groups excluding carboxylic acids is 1. The highest BCUT2D eigenvalue weighted by Crippen LogP contribution is 2.26. The van der Waals surface area contributed by atoms with Crippen molar-refractivity contribution in [2.75, 3.05) is 31.9 Å². The van der Waals surface area contributed by atoms with Crippen LogP contribution in [0.15, 0.2) is 29.2 Å². The van der Waals surface area contributed by atoms with Gasteiger partial charge >= 0.3 is 0 Å². The first kappa shape index (κ1) is 22.3. The molecule has 5 heteroatoms. The topological polar surface area (TPSA) is 32.3 Å². The van der Waals surface area contributed by atoms with Gasteiger partial charge in [-0.2, -0.15) is 0 Å². The van der Waals surface area contributed by atoms with Gasteiger partial charge in [0, 0.05) is 18.0 Å². The number of amides is 1. The molecular weight excluding hydrogens is 352 g/mol. The average molecular weight is 385 g/mol. The van der Waals surface area contributed by atoms with E-state index in [4.69, 9.17) is 0 Å². The Bertz CT molecular complexity index is 519. The summed E-state index contributed by atoms with van der Waals surface area (Å²) in [6, 6.07) is 8.64. The van der Waals surface area contributed by atoms with Gasteiger partial charge in [0.15, 0.2) is 0 Å². The minimum absolute atomic E-state index is 0. The second-order valence-corrected chi connectivity index (χ2v) is 8.74. The molecule has 3 nitrogen and oxygen atoms in total. The van der Waals surface area contributed by atoms with Gasteiger partial charge in [0.2, 0.25) is 5.91 Å². The number of rotatable bonds is 6. The Hall–Kier alpha value is -0.710. The third-order valence-electron chi connectivity index (χ3n) is 4.73. The van der Waals surface area contributed by atoms with Crippen LogP contribution >= 0.6 is 24.2 Å². The van der Waals surface area contributed by atoms with Crippen molar-refractivity contribution in [1.29, 1.82) is 0 Å². The molecule has 1 amide bonds. The van der Waals surface area contributed by atoms with E-state index in [1.807, 2.05) is 4.90 Å². The van der Waals surface area contributed by atoms with Gasteiger partial charge in [-0.05, 0) is 55.0 Å². The lowest BCUT2D eigenvalue weighted by Crippen LogP contribution is -2.41. The number of piperidine rings is 1. The van der Waals surface area contributed by atoms with E-state index in [1.165, 1.54) is 10.5 Å². The lowest BCUT2D eigenvalue weighted by atomic mass is 9.87. The fourth-order valence-electron chi connectivity index (χ4n) is 3.02. The molecule has 0 bridgehead atoms. The maximum absolute atomic E-state index is 12.4. The first-order valence-electron chi connectivity index (χ1n) is 9.12. The Balaban J connectivity index is 0.00000312. The summed E-state index contributed by atoms with van der Waals surface area (Å²) in [7, 11) is 0. The van der Waals surface area contributed by atoms with Crippen LogP contribution in [0.25, 0.3) is 0 Å². The highest BCUT2D eigenvalue weighted by Gasteiger charge is 2.22. The first-order valence-corrected chi connectivity index (χ1v) is 10.1. The molecule has 1 aliphatic rings. The average Bonchev–Trinajstić information content (AvgIpc) is 2.58. The fourth-order valence-corrected chi connectivity index (χ4v) is 3.82. The number of likely N-dealkylation sites (tertiary alicyclic amines) is 1. The maximum Gasteiger partial charge on any atom is 0.232 e. The summed E-state index contributed by atoms with van der Waals surface area (Å²) in [4.78, 5) is 15.6. The molecule has 1 saturated heterocycles. The van der Waals surface area contributed by atoms with E-state index in [9.17, 15) is 4.79 Å². The lowest BCUT2D eigenvalue weighted by Gasteiger charge is -2.32. The lowest BCUT2D eigenvalue weighted by molar-refractivity contribution is -0.129. The van der Waals surface area contributed by atoms with Gasteiger partial charge in [-0.25, -0.2) is 0 Å². The van der Waals surface area contributed by atoms with Crippen LogP contribution < -0.4 is 5.32 Å². The zero-order chi connectivity index (χ0) is 17.6. The summed E-state index contributed by atoms with van der Waals surface area (Å²) < 4.78 is 0. The van der Waals surface area contributed by atoms with Crippen LogP contribution in [0.2, 0.25) is 0 Å². The molecule has 1 heterocycles. The highest BCUT2D eigenvalue weighted by molar-refractivity contribution is 8.00. The highest BCUT2D eigenvalue weighted by atomic mass is 35.5. The van der Waals surface area contributed by atoms with Gasteiger partial charge in [0.1, 0.15) is 0 Å². The summed E-state index contributed by atoms with van der Waals surface area (Å²) in [5.41, 5.74) is 1.51. The van der Waals surface area contributed by atoms with Crippen LogP contribution in [0.3, 0.4) is 0 Å². The van der Waals surface area contributed by atoms with Crippen molar-refractivity contribution in [2.24, 2.45) is 5.92 Å². The quantitative estimate of drug-likeness (QED) is 0.740. The molecule has 1 aliphatic heterocycles. The van der Waals surface area contributed by atoms with E-state index in [1.54, 1.807) is 11.8 Å². The van der Waals surface area contributed by atoms with Gasteiger partial charge in [0.05, 0.1) is 5.75 Å². The van der Waals surface area contributed by atoms with Crippen LogP contribution in [-0.2, 0) is 10.2 Å². The monoisotopic (exact) mass is 384 g/mol. The Morgan fingerprint density at radius 1 is 1.20 bits per heavy atom. The number of halogens is 1. The van der Waals surface area contributed by atoms with Gasteiger partial charge < -0.3 is 10.2 Å². The summed E-state index contributed by atoms with van der Waals surface area (Å²) in [5, 5.41) is 3.42. The number of carbonyl (C=O) groups is 1. The number of hydrogen-bond donors (Lipinski definition) is 1. The molecule has 1 fully saturated rings. The molecule has 2 rings (SSSR count). The minimum atomic E-state index is 0. The molecule has 0 saturated carbocycles. The maximum atomic E-state index is 12.4. The van der Waals surface area contributed by atoms with E-state index < -0.39 is 0 Å². The number of thioether (sulfide) groups is 1. The van der Waals surface area contributed by atoms with E-state index in [2.05, 4.69) is 57.3 Å². The third kappa shape index (κ3) is 7.20. The van der Waals surface area contributed by atoms with Crippen molar-refractivity contribution < 1.29 is 4.79 Å². The molecular formula is C20H33ClN2OS. The van der Waals surface area contributed by atoms with Crippen molar-refractivity contribution in [3.8, 4) is 0 Å². The van der Waals surface area contributed by atoms with Crippen molar-refractivity contribution in [3.05, 3.63) is 29.8 Å². The second kappa shape index (κ2) is 10.4. The van der Waals surface area contributed by atoms with Crippen LogP contribution in [0.4, 0.5) is 0 Å². The largest absolute Gasteiger partial charge is 0.342 e. The summed E-state index contributed by atoms with van der Waals surface area (Å²) >= 11 is 1.65. The standard InChI is InChI=1S/C20H32N2OS.ClH/c1-5-21-14-16-10-12-22(13-11-16)19(23)15-24-18-8-6-17(7-9-18)20(2,3)4;/h6-9,16,21H,5,10-15H2,1-4H3;1H. The van der Waals surface area contributed by atoms with Crippen molar-refractivity contribution >= 4 is 30.1 Å². The number of benzene rings is 1. The fraction of sp³-hybridized carbons (Fsp3) is 0.650. The zero-order valence-corrected chi connectivity index (χ0v) is 17.6. The van der Waals surface area contributed by atoms with E-state index in [0.29, 0.717) is 5.75 Å². The van der Waals surface area contributed by atoms with Crippen LogP contribution in [0.1, 0.15) is 46.1 Å². The molecule has 1 aromatic carbocycles. The van der Waals surface area contributed by atoms with Gasteiger partial charge in [0.25, 0.3) is 0 Å². The summed E-state index contributed by atoms with van der Waals surface area (Å²) in [5.74, 6) is 1.56. The first-order chi connectivity index (χ1) is 11.4.